The number of anilines is 9. The van der Waals surface area contributed by atoms with Crippen molar-refractivity contribution in [2.24, 2.45) is 0 Å². The highest BCUT2D eigenvalue weighted by atomic mass is 16.5. The van der Waals surface area contributed by atoms with Gasteiger partial charge in [-0.3, -0.25) is 0 Å². The van der Waals surface area contributed by atoms with E-state index in [1.54, 1.807) is 0 Å². The molecule has 0 fully saturated rings. The van der Waals surface area contributed by atoms with Gasteiger partial charge in [-0.1, -0.05) is 140 Å². The van der Waals surface area contributed by atoms with E-state index in [1.807, 2.05) is 0 Å². The third-order valence-corrected chi connectivity index (χ3v) is 12.5. The highest BCUT2D eigenvalue weighted by Crippen LogP contribution is 2.49. The van der Waals surface area contributed by atoms with Crippen molar-refractivity contribution in [2.45, 2.75) is 6.92 Å². The normalized spacial score (nSPS) is 12.3. The molecule has 2 aliphatic heterocycles. The summed E-state index contributed by atoms with van der Waals surface area (Å²) in [5.41, 5.74) is 14.7. The van der Waals surface area contributed by atoms with Gasteiger partial charge in [0.2, 0.25) is 0 Å². The van der Waals surface area contributed by atoms with Crippen molar-refractivity contribution in [3.8, 4) is 11.5 Å². The van der Waals surface area contributed by atoms with Crippen molar-refractivity contribution in [1.29, 1.82) is 0 Å². The fourth-order valence-electron chi connectivity index (χ4n) is 9.96. The van der Waals surface area contributed by atoms with Crippen molar-refractivity contribution in [3.05, 3.63) is 230 Å². The van der Waals surface area contributed by atoms with E-state index in [0.29, 0.717) is 0 Å². The maximum absolute atomic E-state index is 7.30. The van der Waals surface area contributed by atoms with Gasteiger partial charge in [0.15, 0.2) is 0 Å². The molecule has 62 heavy (non-hydrogen) atoms. The summed E-state index contributed by atoms with van der Waals surface area (Å²) in [5.74, 6) is 1.76. The van der Waals surface area contributed by atoms with Crippen LogP contribution in [0.15, 0.2) is 224 Å². The Bertz CT molecular complexity index is 3210. The molecule has 10 aromatic rings. The third kappa shape index (κ3) is 5.70. The molecule has 0 radical (unpaired) electrons. The Balaban J connectivity index is 1.20. The lowest BCUT2D eigenvalue weighted by Gasteiger charge is -2.42. The first-order valence-corrected chi connectivity index (χ1v) is 21.3. The zero-order valence-corrected chi connectivity index (χ0v) is 34.2. The van der Waals surface area contributed by atoms with E-state index in [2.05, 4.69) is 246 Å². The number of ether oxygens (including phenoxy) is 1. The van der Waals surface area contributed by atoms with Crippen LogP contribution in [0.5, 0.6) is 11.5 Å². The van der Waals surface area contributed by atoms with Gasteiger partial charge in [0.05, 0.1) is 11.4 Å². The van der Waals surface area contributed by atoms with Gasteiger partial charge in [0.25, 0.3) is 6.71 Å². The molecule has 292 valence electrons. The maximum Gasteiger partial charge on any atom is 0.258 e. The molecule has 0 amide bonds. The molecule has 0 saturated heterocycles. The number of nitrogens with zero attached hydrogens (tertiary/aromatic N) is 3. The number of para-hydroxylation sites is 5. The molecule has 0 unspecified atom stereocenters. The number of aryl methyl sites for hydroxylation is 1. The quantitative estimate of drug-likeness (QED) is 0.150. The summed E-state index contributed by atoms with van der Waals surface area (Å²) < 4.78 is 7.30. The molecule has 0 atom stereocenters. The molecular formula is C57H40BN3O. The standard InChI is InChI=1S/C57H40BN3O/c1-39-35-51-57-53(36-39)62-54-38-50(60(42-25-11-4-12-26-42)43-27-13-5-14-28-43)46-32-18-20-34-48(46)56(54)58(57)55-47-33-19-17-31-45(47)49(37-52(55)61(51)44-29-15-6-16-30-44)59(40-21-7-2-8-22-40)41-23-9-3-10-24-41/h2-38H,1H3. The van der Waals surface area contributed by atoms with E-state index in [1.165, 1.54) is 32.5 Å². The molecule has 0 saturated carbocycles. The Labute approximate surface area is 362 Å². The van der Waals surface area contributed by atoms with Gasteiger partial charge in [0, 0.05) is 56.7 Å². The first-order chi connectivity index (χ1) is 30.7. The lowest BCUT2D eigenvalue weighted by Crippen LogP contribution is -2.60. The summed E-state index contributed by atoms with van der Waals surface area (Å²) in [6, 6.07) is 80.8. The Hall–Kier alpha value is -8.02. The zero-order valence-electron chi connectivity index (χ0n) is 34.2. The van der Waals surface area contributed by atoms with E-state index in [0.717, 1.165) is 73.6 Å². The van der Waals surface area contributed by atoms with Crippen LogP contribution in [0.4, 0.5) is 51.2 Å². The van der Waals surface area contributed by atoms with Crippen LogP contribution in [-0.4, -0.2) is 6.71 Å². The van der Waals surface area contributed by atoms with Crippen LogP contribution < -0.4 is 35.8 Å². The molecule has 4 nitrogen and oxygen atoms in total. The smallest absolute Gasteiger partial charge is 0.258 e. The minimum Gasteiger partial charge on any atom is -0.458 e. The Morgan fingerprint density at radius 3 is 1.26 bits per heavy atom. The lowest BCUT2D eigenvalue weighted by atomic mass is 9.33. The molecule has 0 bridgehead atoms. The van der Waals surface area contributed by atoms with Gasteiger partial charge in [-0.2, -0.15) is 0 Å². The van der Waals surface area contributed by atoms with Gasteiger partial charge in [-0.25, -0.2) is 0 Å². The number of benzene rings is 10. The number of hydrogen-bond donors (Lipinski definition) is 0. The van der Waals surface area contributed by atoms with Crippen LogP contribution in [0.1, 0.15) is 5.56 Å². The van der Waals surface area contributed by atoms with Crippen LogP contribution in [0.3, 0.4) is 0 Å². The molecule has 12 rings (SSSR count). The fraction of sp³-hybridized carbons (Fsp3) is 0.0175. The molecular weight excluding hydrogens is 753 g/mol. The first kappa shape index (κ1) is 35.9. The van der Waals surface area contributed by atoms with Crippen molar-refractivity contribution in [3.63, 3.8) is 0 Å². The molecule has 0 N–H and O–H groups in total. The largest absolute Gasteiger partial charge is 0.458 e. The summed E-state index contributed by atoms with van der Waals surface area (Å²) in [4.78, 5) is 7.24. The maximum atomic E-state index is 7.30. The van der Waals surface area contributed by atoms with Crippen LogP contribution in [0.2, 0.25) is 0 Å². The van der Waals surface area contributed by atoms with Gasteiger partial charge >= 0.3 is 0 Å². The van der Waals surface area contributed by atoms with E-state index >= 15 is 0 Å². The molecule has 2 aliphatic rings. The molecule has 0 aromatic heterocycles. The van der Waals surface area contributed by atoms with E-state index in [9.17, 15) is 0 Å². The SMILES string of the molecule is Cc1cc2c3c(c1)N(c1ccccc1)c1cc(N(c4ccccc4)c4ccccc4)c4ccccc4c1B3c1c(cc(N(c3ccccc3)c3ccccc3)c3ccccc13)O2. The van der Waals surface area contributed by atoms with Crippen molar-refractivity contribution < 1.29 is 4.74 Å². The number of rotatable bonds is 7. The van der Waals surface area contributed by atoms with Gasteiger partial charge in [-0.05, 0) is 119 Å². The molecule has 2 heterocycles. The summed E-state index contributed by atoms with van der Waals surface area (Å²) in [5, 5.41) is 4.71. The topological polar surface area (TPSA) is 19.0 Å². The predicted octanol–water partition coefficient (Wildman–Crippen LogP) is 13.6. The first-order valence-electron chi connectivity index (χ1n) is 21.3. The van der Waals surface area contributed by atoms with Gasteiger partial charge < -0.3 is 19.4 Å². The molecule has 0 aliphatic carbocycles. The van der Waals surface area contributed by atoms with Crippen LogP contribution in [0, 0.1) is 6.92 Å². The highest BCUT2D eigenvalue weighted by molar-refractivity contribution is 7.02. The van der Waals surface area contributed by atoms with Gasteiger partial charge in [0.1, 0.15) is 11.5 Å². The third-order valence-electron chi connectivity index (χ3n) is 12.5. The summed E-state index contributed by atoms with van der Waals surface area (Å²) in [6.45, 7) is 2.04. The lowest BCUT2D eigenvalue weighted by molar-refractivity contribution is 0.488. The Morgan fingerprint density at radius 2 is 0.758 bits per heavy atom. The minimum absolute atomic E-state index is 0.138. The van der Waals surface area contributed by atoms with Gasteiger partial charge in [-0.15, -0.1) is 0 Å². The second-order valence-corrected chi connectivity index (χ2v) is 16.1. The fourth-order valence-corrected chi connectivity index (χ4v) is 9.96. The second-order valence-electron chi connectivity index (χ2n) is 16.1. The molecule has 5 heteroatoms. The van der Waals surface area contributed by atoms with Crippen LogP contribution in [0.25, 0.3) is 21.5 Å². The van der Waals surface area contributed by atoms with E-state index < -0.39 is 0 Å². The van der Waals surface area contributed by atoms with Crippen molar-refractivity contribution in [1.82, 2.24) is 0 Å². The van der Waals surface area contributed by atoms with Crippen LogP contribution >= 0.6 is 0 Å². The van der Waals surface area contributed by atoms with Crippen molar-refractivity contribution in [2.75, 3.05) is 14.7 Å². The summed E-state index contributed by atoms with van der Waals surface area (Å²) in [7, 11) is 0. The number of fused-ring (bicyclic) bond motifs is 8. The van der Waals surface area contributed by atoms with Crippen LogP contribution in [-0.2, 0) is 0 Å². The van der Waals surface area contributed by atoms with E-state index in [-0.39, 0.29) is 6.71 Å². The van der Waals surface area contributed by atoms with E-state index in [4.69, 9.17) is 4.74 Å². The zero-order chi connectivity index (χ0) is 41.1. The highest BCUT2D eigenvalue weighted by Gasteiger charge is 2.45. The monoisotopic (exact) mass is 793 g/mol. The molecule has 0 spiro atoms. The summed E-state index contributed by atoms with van der Waals surface area (Å²) in [6.07, 6.45) is 0. The average molecular weight is 794 g/mol. The second kappa shape index (κ2) is 14.6. The number of hydrogen-bond acceptors (Lipinski definition) is 4. The van der Waals surface area contributed by atoms with Crippen molar-refractivity contribution >= 4 is 95.8 Å². The summed E-state index contributed by atoms with van der Waals surface area (Å²) >= 11 is 0. The average Bonchev–Trinajstić information content (AvgIpc) is 3.33. The molecule has 10 aromatic carbocycles. The minimum atomic E-state index is -0.138. The Morgan fingerprint density at radius 1 is 0.371 bits per heavy atom. The Kier molecular flexibility index (Phi) is 8.46. The predicted molar refractivity (Wildman–Crippen MR) is 261 cm³/mol.